The molecule has 1 heterocycles. The van der Waals surface area contributed by atoms with E-state index >= 15 is 0 Å². The Bertz CT molecular complexity index is 634. The van der Waals surface area contributed by atoms with Crippen LogP contribution in [-0.2, 0) is 18.4 Å². The molecule has 0 aliphatic heterocycles. The first-order valence-electron chi connectivity index (χ1n) is 6.01. The molecular weight excluding hydrogens is 260 g/mol. The highest BCUT2D eigenvalue weighted by Gasteiger charge is 2.18. The van der Waals surface area contributed by atoms with Crippen LogP contribution in [0.15, 0.2) is 24.3 Å². The first-order chi connectivity index (χ1) is 9.58. The average Bonchev–Trinajstić information content (AvgIpc) is 2.81. The quantitative estimate of drug-likeness (QED) is 0.903. The number of hydrogen-bond acceptors (Lipinski definition) is 4. The van der Waals surface area contributed by atoms with Crippen molar-refractivity contribution < 1.29 is 19.4 Å². The van der Waals surface area contributed by atoms with Gasteiger partial charge in [-0.05, 0) is 17.7 Å². The van der Waals surface area contributed by atoms with Gasteiger partial charge in [-0.15, -0.1) is 0 Å². The minimum Gasteiger partial charge on any atom is -0.496 e. The van der Waals surface area contributed by atoms with Gasteiger partial charge in [-0.25, -0.2) is 4.79 Å². The number of hydrogen-bond donors (Lipinski definition) is 1. The van der Waals surface area contributed by atoms with Crippen LogP contribution in [0.5, 0.6) is 5.75 Å². The second-order valence-corrected chi connectivity index (χ2v) is 4.27. The van der Waals surface area contributed by atoms with Crippen LogP contribution < -0.4 is 4.74 Å². The standard InChI is InChI=1S/C14H16N2O4/c1-16-11(7-10(15-16)14(17)18)13-9(8-19-2)5-4-6-12(13)20-3/h4-7H,8H2,1-3H3,(H,17,18). The lowest BCUT2D eigenvalue weighted by molar-refractivity contribution is 0.0689. The third kappa shape index (κ3) is 2.50. The maximum atomic E-state index is 11.0. The molecule has 0 bridgehead atoms. The second-order valence-electron chi connectivity index (χ2n) is 4.27. The molecule has 6 nitrogen and oxygen atoms in total. The van der Waals surface area contributed by atoms with Crippen molar-refractivity contribution in [2.45, 2.75) is 6.61 Å². The fourth-order valence-electron chi connectivity index (χ4n) is 2.12. The molecule has 0 saturated carbocycles. The highest BCUT2D eigenvalue weighted by atomic mass is 16.5. The van der Waals surface area contributed by atoms with Gasteiger partial charge in [-0.3, -0.25) is 4.68 Å². The van der Waals surface area contributed by atoms with Crippen molar-refractivity contribution in [2.24, 2.45) is 7.05 Å². The Labute approximate surface area is 116 Å². The molecule has 0 spiro atoms. The zero-order valence-electron chi connectivity index (χ0n) is 11.6. The molecule has 0 unspecified atom stereocenters. The van der Waals surface area contributed by atoms with Gasteiger partial charge in [0.1, 0.15) is 5.75 Å². The summed E-state index contributed by atoms with van der Waals surface area (Å²) < 4.78 is 12.1. The van der Waals surface area contributed by atoms with E-state index in [9.17, 15) is 4.79 Å². The van der Waals surface area contributed by atoms with Crippen molar-refractivity contribution in [2.75, 3.05) is 14.2 Å². The van der Waals surface area contributed by atoms with Gasteiger partial charge in [-0.1, -0.05) is 12.1 Å². The van der Waals surface area contributed by atoms with Crippen molar-refractivity contribution in [1.29, 1.82) is 0 Å². The van der Waals surface area contributed by atoms with Crippen molar-refractivity contribution >= 4 is 5.97 Å². The van der Waals surface area contributed by atoms with Crippen LogP contribution in [0.4, 0.5) is 0 Å². The van der Waals surface area contributed by atoms with Crippen LogP contribution in [0, 0.1) is 0 Å². The number of carboxylic acid groups (broad SMARTS) is 1. The summed E-state index contributed by atoms with van der Waals surface area (Å²) in [5, 5.41) is 13.0. The van der Waals surface area contributed by atoms with Crippen LogP contribution in [0.25, 0.3) is 11.3 Å². The highest BCUT2D eigenvalue weighted by Crippen LogP contribution is 2.34. The summed E-state index contributed by atoms with van der Waals surface area (Å²) in [6.45, 7) is 0.403. The van der Waals surface area contributed by atoms with Crippen molar-refractivity contribution in [1.82, 2.24) is 9.78 Å². The molecule has 0 fully saturated rings. The number of rotatable bonds is 5. The van der Waals surface area contributed by atoms with Gasteiger partial charge in [0.05, 0.1) is 19.4 Å². The zero-order valence-corrected chi connectivity index (χ0v) is 11.6. The minimum absolute atomic E-state index is 0.00299. The molecule has 0 aliphatic rings. The van der Waals surface area contributed by atoms with Gasteiger partial charge in [0.25, 0.3) is 0 Å². The second kappa shape index (κ2) is 5.75. The lowest BCUT2D eigenvalue weighted by atomic mass is 10.0. The van der Waals surface area contributed by atoms with Crippen LogP contribution in [0.3, 0.4) is 0 Å². The van der Waals surface area contributed by atoms with Crippen molar-refractivity contribution in [3.8, 4) is 17.0 Å². The van der Waals surface area contributed by atoms with Gasteiger partial charge in [-0.2, -0.15) is 5.10 Å². The molecule has 0 aliphatic carbocycles. The number of aromatic nitrogens is 2. The first-order valence-corrected chi connectivity index (χ1v) is 6.01. The number of aromatic carboxylic acids is 1. The van der Waals surface area contributed by atoms with Gasteiger partial charge in [0.2, 0.25) is 0 Å². The highest BCUT2D eigenvalue weighted by molar-refractivity contribution is 5.87. The summed E-state index contributed by atoms with van der Waals surface area (Å²) in [7, 11) is 4.88. The molecule has 2 aromatic rings. The maximum absolute atomic E-state index is 11.0. The van der Waals surface area contributed by atoms with Crippen LogP contribution >= 0.6 is 0 Å². The Hall–Kier alpha value is -2.34. The van der Waals surface area contributed by atoms with E-state index in [-0.39, 0.29) is 5.69 Å². The summed E-state index contributed by atoms with van der Waals surface area (Å²) in [5.74, 6) is -0.408. The Morgan fingerprint density at radius 1 is 1.40 bits per heavy atom. The summed E-state index contributed by atoms with van der Waals surface area (Å²) in [6.07, 6.45) is 0. The first kappa shape index (κ1) is 14.1. The number of nitrogens with zero attached hydrogens (tertiary/aromatic N) is 2. The minimum atomic E-state index is -1.06. The number of methoxy groups -OCH3 is 2. The van der Waals surface area contributed by atoms with Gasteiger partial charge in [0.15, 0.2) is 5.69 Å². The Morgan fingerprint density at radius 3 is 2.70 bits per heavy atom. The van der Waals surface area contributed by atoms with Crippen LogP contribution in [-0.4, -0.2) is 35.1 Å². The van der Waals surface area contributed by atoms with E-state index < -0.39 is 5.97 Å². The monoisotopic (exact) mass is 276 g/mol. The SMILES string of the molecule is COCc1cccc(OC)c1-c1cc(C(=O)O)nn1C. The smallest absolute Gasteiger partial charge is 0.356 e. The molecule has 0 amide bonds. The molecule has 0 radical (unpaired) electrons. The van der Waals surface area contributed by atoms with Crippen LogP contribution in [0.2, 0.25) is 0 Å². The summed E-state index contributed by atoms with van der Waals surface area (Å²) in [4.78, 5) is 11.0. The predicted molar refractivity (Wildman–Crippen MR) is 72.9 cm³/mol. The zero-order chi connectivity index (χ0) is 14.7. The summed E-state index contributed by atoms with van der Waals surface area (Å²) in [6, 6.07) is 7.13. The lowest BCUT2D eigenvalue weighted by Crippen LogP contribution is -2.01. The molecular formula is C14H16N2O4. The number of ether oxygens (including phenoxy) is 2. The summed E-state index contributed by atoms with van der Waals surface area (Å²) in [5.41, 5.74) is 2.37. The number of aryl methyl sites for hydroxylation is 1. The molecule has 0 saturated heterocycles. The van der Waals surface area contributed by atoms with Gasteiger partial charge >= 0.3 is 5.97 Å². The Kier molecular flexibility index (Phi) is 4.05. The van der Waals surface area contributed by atoms with E-state index in [1.165, 1.54) is 10.7 Å². The average molecular weight is 276 g/mol. The molecule has 1 aromatic heterocycles. The molecule has 1 N–H and O–H groups in total. The molecule has 6 heteroatoms. The van der Waals surface area contributed by atoms with Gasteiger partial charge in [0, 0.05) is 19.7 Å². The maximum Gasteiger partial charge on any atom is 0.356 e. The van der Waals surface area contributed by atoms with E-state index in [1.54, 1.807) is 21.3 Å². The predicted octanol–water partition coefficient (Wildman–Crippen LogP) is 1.94. The molecule has 2 rings (SSSR count). The third-order valence-corrected chi connectivity index (χ3v) is 2.99. The lowest BCUT2D eigenvalue weighted by Gasteiger charge is -2.13. The van der Waals surface area contributed by atoms with Crippen molar-refractivity contribution in [3.63, 3.8) is 0 Å². The normalized spacial score (nSPS) is 10.6. The number of benzene rings is 1. The van der Waals surface area contributed by atoms with Crippen LogP contribution in [0.1, 0.15) is 16.1 Å². The fourth-order valence-corrected chi connectivity index (χ4v) is 2.12. The topological polar surface area (TPSA) is 73.6 Å². The number of carbonyl (C=O) groups is 1. The fraction of sp³-hybridized carbons (Fsp3) is 0.286. The van der Waals surface area contributed by atoms with E-state index in [0.29, 0.717) is 18.1 Å². The van der Waals surface area contributed by atoms with E-state index in [1.807, 2.05) is 18.2 Å². The molecule has 0 atom stereocenters. The molecule has 20 heavy (non-hydrogen) atoms. The third-order valence-electron chi connectivity index (χ3n) is 2.99. The molecule has 106 valence electrons. The van der Waals surface area contributed by atoms with E-state index in [4.69, 9.17) is 14.6 Å². The van der Waals surface area contributed by atoms with Gasteiger partial charge < -0.3 is 14.6 Å². The number of carboxylic acids is 1. The van der Waals surface area contributed by atoms with E-state index in [0.717, 1.165) is 11.1 Å². The van der Waals surface area contributed by atoms with Crippen molar-refractivity contribution in [3.05, 3.63) is 35.5 Å². The Balaban J connectivity index is 2.63. The summed E-state index contributed by atoms with van der Waals surface area (Å²) >= 11 is 0. The Morgan fingerprint density at radius 2 is 2.15 bits per heavy atom. The largest absolute Gasteiger partial charge is 0.496 e. The molecule has 1 aromatic carbocycles. The van der Waals surface area contributed by atoms with E-state index in [2.05, 4.69) is 5.10 Å².